The average molecular weight is 605 g/mol. The molecule has 0 radical (unpaired) electrons. The first-order valence-corrected chi connectivity index (χ1v) is 14.2. The molecule has 43 heavy (non-hydrogen) atoms. The van der Waals surface area contributed by atoms with Crippen LogP contribution in [0.5, 0.6) is 17.2 Å². The van der Waals surface area contributed by atoms with Crippen molar-refractivity contribution in [2.75, 3.05) is 27.4 Å². The van der Waals surface area contributed by atoms with E-state index in [4.69, 9.17) is 25.8 Å². The van der Waals surface area contributed by atoms with Crippen LogP contribution in [0.1, 0.15) is 16.7 Å². The van der Waals surface area contributed by atoms with Gasteiger partial charge in [-0.25, -0.2) is 4.39 Å². The van der Waals surface area contributed by atoms with E-state index in [9.17, 15) is 14.0 Å². The summed E-state index contributed by atoms with van der Waals surface area (Å²) in [5, 5.41) is 3.37. The number of nitrogens with one attached hydrogen (secondary N) is 1. The number of methoxy groups -OCH3 is 2. The fourth-order valence-corrected chi connectivity index (χ4v) is 4.80. The third-order valence-corrected chi connectivity index (χ3v) is 7.20. The Morgan fingerprint density at radius 3 is 2.19 bits per heavy atom. The number of carbonyl (C=O) groups excluding carboxylic acids is 2. The van der Waals surface area contributed by atoms with Crippen molar-refractivity contribution in [3.05, 3.63) is 125 Å². The standard InChI is InChI=1S/C34H34ClFN2O5/c1-41-31-17-14-25(21-32(31)42-2)18-19-37-34(40)29(20-24-8-4-3-5-9-24)38(22-26-12-15-27(36)16-13-26)33(39)23-43-30-11-7-6-10-28(30)35/h3-17,21,29H,18-20,22-23H2,1-2H3,(H,37,40)/t29-/m0/s1. The maximum atomic E-state index is 13.8. The van der Waals surface area contributed by atoms with Crippen molar-refractivity contribution in [1.29, 1.82) is 0 Å². The predicted octanol–water partition coefficient (Wildman–Crippen LogP) is 5.87. The van der Waals surface area contributed by atoms with Crippen LogP contribution in [0.2, 0.25) is 5.02 Å². The molecule has 0 aliphatic heterocycles. The Hall–Kier alpha value is -4.56. The molecule has 4 aromatic rings. The van der Waals surface area contributed by atoms with E-state index in [2.05, 4.69) is 5.32 Å². The number of rotatable bonds is 14. The first kappa shape index (κ1) is 31.4. The third kappa shape index (κ3) is 8.96. The highest BCUT2D eigenvalue weighted by molar-refractivity contribution is 6.32. The molecule has 0 spiro atoms. The average Bonchev–Trinajstić information content (AvgIpc) is 3.03. The molecule has 0 saturated carbocycles. The van der Waals surface area contributed by atoms with E-state index >= 15 is 0 Å². The highest BCUT2D eigenvalue weighted by Crippen LogP contribution is 2.28. The second-order valence-electron chi connectivity index (χ2n) is 9.80. The van der Waals surface area contributed by atoms with Crippen LogP contribution in [-0.4, -0.2) is 50.1 Å². The van der Waals surface area contributed by atoms with Gasteiger partial charge < -0.3 is 24.4 Å². The Kier molecular flexibility index (Phi) is 11.4. The molecule has 4 rings (SSSR count). The van der Waals surface area contributed by atoms with E-state index in [0.29, 0.717) is 40.8 Å². The normalized spacial score (nSPS) is 11.3. The first-order chi connectivity index (χ1) is 20.9. The van der Waals surface area contributed by atoms with Gasteiger partial charge >= 0.3 is 0 Å². The second-order valence-corrected chi connectivity index (χ2v) is 10.2. The second kappa shape index (κ2) is 15.6. The summed E-state index contributed by atoms with van der Waals surface area (Å²) in [6.45, 7) is 0.0645. The molecule has 0 aliphatic carbocycles. The van der Waals surface area contributed by atoms with Gasteiger partial charge in [-0.05, 0) is 59.5 Å². The van der Waals surface area contributed by atoms with E-state index in [1.165, 1.54) is 17.0 Å². The Morgan fingerprint density at radius 2 is 1.49 bits per heavy atom. The molecule has 0 heterocycles. The predicted molar refractivity (Wildman–Crippen MR) is 164 cm³/mol. The number of halogens is 2. The third-order valence-electron chi connectivity index (χ3n) is 6.89. The molecule has 0 aromatic heterocycles. The van der Waals surface area contributed by atoms with E-state index in [-0.39, 0.29) is 25.5 Å². The van der Waals surface area contributed by atoms with Crippen LogP contribution in [0.4, 0.5) is 4.39 Å². The van der Waals surface area contributed by atoms with Gasteiger partial charge in [0.2, 0.25) is 5.91 Å². The Labute approximate surface area is 256 Å². The molecule has 1 atom stereocenters. The zero-order valence-electron chi connectivity index (χ0n) is 24.1. The smallest absolute Gasteiger partial charge is 0.261 e. The van der Waals surface area contributed by atoms with Gasteiger partial charge in [0.1, 0.15) is 17.6 Å². The maximum Gasteiger partial charge on any atom is 0.261 e. The van der Waals surface area contributed by atoms with Crippen molar-refractivity contribution < 1.29 is 28.2 Å². The summed E-state index contributed by atoms with van der Waals surface area (Å²) in [6.07, 6.45) is 0.799. The van der Waals surface area contributed by atoms with E-state index in [1.807, 2.05) is 48.5 Å². The highest BCUT2D eigenvalue weighted by Gasteiger charge is 2.30. The minimum absolute atomic E-state index is 0.0750. The number of hydrogen-bond acceptors (Lipinski definition) is 5. The van der Waals surface area contributed by atoms with Crippen LogP contribution in [-0.2, 0) is 29.0 Å². The fraction of sp³-hybridized carbons (Fsp3) is 0.235. The fourth-order valence-electron chi connectivity index (χ4n) is 4.61. The van der Waals surface area contributed by atoms with Crippen LogP contribution in [0, 0.1) is 5.82 Å². The summed E-state index contributed by atoms with van der Waals surface area (Å²) in [5.41, 5.74) is 2.50. The molecule has 224 valence electrons. The molecule has 9 heteroatoms. The lowest BCUT2D eigenvalue weighted by Gasteiger charge is -2.31. The number of amides is 2. The Bertz CT molecular complexity index is 1500. The van der Waals surface area contributed by atoms with Crippen molar-refractivity contribution in [1.82, 2.24) is 10.2 Å². The minimum atomic E-state index is -0.875. The van der Waals surface area contributed by atoms with Crippen molar-refractivity contribution in [3.63, 3.8) is 0 Å². The lowest BCUT2D eigenvalue weighted by Crippen LogP contribution is -2.52. The largest absolute Gasteiger partial charge is 0.493 e. The van der Waals surface area contributed by atoms with Gasteiger partial charge in [-0.2, -0.15) is 0 Å². The molecule has 0 saturated heterocycles. The molecule has 1 N–H and O–H groups in total. The van der Waals surface area contributed by atoms with Crippen molar-refractivity contribution in [2.24, 2.45) is 0 Å². The van der Waals surface area contributed by atoms with Gasteiger partial charge in [-0.15, -0.1) is 0 Å². The monoisotopic (exact) mass is 604 g/mol. The molecular formula is C34H34ClFN2O5. The summed E-state index contributed by atoms with van der Waals surface area (Å²) >= 11 is 6.23. The minimum Gasteiger partial charge on any atom is -0.493 e. The number of nitrogens with zero attached hydrogens (tertiary/aromatic N) is 1. The van der Waals surface area contributed by atoms with Gasteiger partial charge in [0.15, 0.2) is 18.1 Å². The number of para-hydroxylation sites is 1. The number of carbonyl (C=O) groups is 2. The quantitative estimate of drug-likeness (QED) is 0.195. The van der Waals surface area contributed by atoms with Crippen molar-refractivity contribution in [2.45, 2.75) is 25.4 Å². The summed E-state index contributed by atoms with van der Waals surface area (Å²) in [4.78, 5) is 29.0. The SMILES string of the molecule is COc1ccc(CCNC(=O)[C@H](Cc2ccccc2)N(Cc2ccc(F)cc2)C(=O)COc2ccccc2Cl)cc1OC. The molecular weight excluding hydrogens is 571 g/mol. The van der Waals surface area contributed by atoms with Gasteiger partial charge in [-0.3, -0.25) is 9.59 Å². The summed E-state index contributed by atoms with van der Waals surface area (Å²) < 4.78 is 30.1. The molecule has 0 unspecified atom stereocenters. The van der Waals surface area contributed by atoms with E-state index in [0.717, 1.165) is 11.1 Å². The maximum absolute atomic E-state index is 13.8. The zero-order valence-corrected chi connectivity index (χ0v) is 24.9. The number of hydrogen-bond donors (Lipinski definition) is 1. The van der Waals surface area contributed by atoms with Crippen molar-refractivity contribution in [3.8, 4) is 17.2 Å². The Morgan fingerprint density at radius 1 is 0.814 bits per heavy atom. The van der Waals surface area contributed by atoms with E-state index < -0.39 is 17.8 Å². The first-order valence-electron chi connectivity index (χ1n) is 13.8. The van der Waals surface area contributed by atoms with Crippen LogP contribution < -0.4 is 19.5 Å². The van der Waals surface area contributed by atoms with Crippen molar-refractivity contribution >= 4 is 23.4 Å². The molecule has 4 aromatic carbocycles. The van der Waals surface area contributed by atoms with Crippen LogP contribution >= 0.6 is 11.6 Å². The van der Waals surface area contributed by atoms with E-state index in [1.54, 1.807) is 50.6 Å². The summed E-state index contributed by atoms with van der Waals surface area (Å²) in [5.74, 6) is 0.448. The summed E-state index contributed by atoms with van der Waals surface area (Å²) in [7, 11) is 3.14. The van der Waals surface area contributed by atoms with Crippen LogP contribution in [0.3, 0.4) is 0 Å². The lowest BCUT2D eigenvalue weighted by molar-refractivity contribution is -0.142. The number of benzene rings is 4. The topological polar surface area (TPSA) is 77.1 Å². The summed E-state index contributed by atoms with van der Waals surface area (Å²) in [6, 6.07) is 26.9. The molecule has 0 fully saturated rings. The van der Waals surface area contributed by atoms with Gasteiger partial charge in [0.05, 0.1) is 19.2 Å². The zero-order chi connectivity index (χ0) is 30.6. The molecule has 0 bridgehead atoms. The van der Waals surface area contributed by atoms with Gasteiger partial charge in [0.25, 0.3) is 5.91 Å². The van der Waals surface area contributed by atoms with Gasteiger partial charge in [-0.1, -0.05) is 72.3 Å². The number of ether oxygens (including phenoxy) is 3. The molecule has 7 nitrogen and oxygen atoms in total. The Balaban J connectivity index is 1.57. The molecule has 2 amide bonds. The molecule has 0 aliphatic rings. The highest BCUT2D eigenvalue weighted by atomic mass is 35.5. The van der Waals surface area contributed by atoms with Gasteiger partial charge in [0, 0.05) is 19.5 Å². The van der Waals surface area contributed by atoms with Crippen LogP contribution in [0.15, 0.2) is 97.1 Å². The lowest BCUT2D eigenvalue weighted by atomic mass is 10.0. The van der Waals surface area contributed by atoms with Crippen LogP contribution in [0.25, 0.3) is 0 Å².